The van der Waals surface area contributed by atoms with E-state index in [0.717, 1.165) is 18.4 Å². The first-order valence-electron chi connectivity index (χ1n) is 5.86. The van der Waals surface area contributed by atoms with Gasteiger partial charge in [0.25, 0.3) is 0 Å². The van der Waals surface area contributed by atoms with Crippen LogP contribution in [-0.2, 0) is 20.0 Å². The highest BCUT2D eigenvalue weighted by atomic mass is 31.1. The molecule has 0 spiro atoms. The molecule has 1 aromatic heterocycles. The Morgan fingerprint density at radius 2 is 2.47 bits per heavy atom. The average Bonchev–Trinajstić information content (AvgIpc) is 2.74. The Kier molecular flexibility index (Phi) is 4.60. The first-order chi connectivity index (χ1) is 8.24. The van der Waals surface area contributed by atoms with Crippen LogP contribution in [0.15, 0.2) is 24.5 Å². The lowest BCUT2D eigenvalue weighted by molar-refractivity contribution is 0.0282. The zero-order chi connectivity index (χ0) is 12.1. The molecule has 1 unspecified atom stereocenters. The van der Waals surface area contributed by atoms with Crippen LogP contribution in [0.25, 0.3) is 0 Å². The van der Waals surface area contributed by atoms with Gasteiger partial charge in [0.15, 0.2) is 0 Å². The van der Waals surface area contributed by atoms with Gasteiger partial charge in [-0.25, -0.2) is 0 Å². The number of pyridine rings is 1. The number of aromatic nitrogens is 1. The van der Waals surface area contributed by atoms with E-state index in [1.165, 1.54) is 0 Å². The van der Waals surface area contributed by atoms with Crippen molar-refractivity contribution >= 4 is 8.03 Å². The van der Waals surface area contributed by atoms with Crippen molar-refractivity contribution in [1.82, 2.24) is 4.98 Å². The fourth-order valence-electron chi connectivity index (χ4n) is 1.86. The molecule has 0 aromatic carbocycles. The van der Waals surface area contributed by atoms with Crippen LogP contribution in [0.2, 0.25) is 0 Å². The van der Waals surface area contributed by atoms with E-state index in [2.05, 4.69) is 11.9 Å². The van der Waals surface area contributed by atoms with Crippen molar-refractivity contribution in [3.8, 4) is 0 Å². The lowest BCUT2D eigenvalue weighted by Crippen LogP contribution is -2.13. The van der Waals surface area contributed by atoms with Gasteiger partial charge in [-0.2, -0.15) is 0 Å². The summed E-state index contributed by atoms with van der Waals surface area (Å²) in [6.45, 7) is 2.48. The van der Waals surface area contributed by atoms with Gasteiger partial charge in [0.05, 0.1) is 12.2 Å². The molecule has 2 rings (SSSR count). The molecule has 0 aliphatic carbocycles. The largest absolute Gasteiger partial charge is 0.513 e. The van der Waals surface area contributed by atoms with Gasteiger partial charge in [-0.1, -0.05) is 6.07 Å². The summed E-state index contributed by atoms with van der Waals surface area (Å²) in [5.41, 5.74) is 0.939. The number of ether oxygens (including phenoxy) is 1. The smallest absolute Gasteiger partial charge is 0.373 e. The summed E-state index contributed by atoms with van der Waals surface area (Å²) < 4.78 is 22.6. The molecule has 1 aliphatic rings. The van der Waals surface area contributed by atoms with Crippen molar-refractivity contribution in [2.45, 2.75) is 38.1 Å². The maximum atomic E-state index is 11.7. The highest BCUT2D eigenvalue weighted by molar-refractivity contribution is 7.38. The highest BCUT2D eigenvalue weighted by Crippen LogP contribution is 2.30. The topological polar surface area (TPSA) is 48.4 Å². The summed E-state index contributed by atoms with van der Waals surface area (Å²) in [7, 11) is -1.66. The summed E-state index contributed by atoms with van der Waals surface area (Å²) in [6, 6.07) is 3.73. The molecule has 1 saturated heterocycles. The fraction of sp³-hybridized carbons (Fsp3) is 0.583. The first-order valence-corrected chi connectivity index (χ1v) is 7.22. The number of hydrogen-bond acceptors (Lipinski definition) is 4. The van der Waals surface area contributed by atoms with E-state index in [-0.39, 0.29) is 6.10 Å². The number of hydrogen-bond donors (Lipinski definition) is 0. The summed E-state index contributed by atoms with van der Waals surface area (Å²) >= 11 is 0. The highest BCUT2D eigenvalue weighted by Gasteiger charge is 2.26. The molecule has 0 N–H and O–H groups in total. The van der Waals surface area contributed by atoms with Gasteiger partial charge in [0.1, 0.15) is 6.61 Å². The maximum absolute atomic E-state index is 11.7. The van der Waals surface area contributed by atoms with Crippen LogP contribution < -0.4 is 0 Å². The van der Waals surface area contributed by atoms with Gasteiger partial charge in [-0.3, -0.25) is 4.98 Å². The van der Waals surface area contributed by atoms with Crippen molar-refractivity contribution < 1.29 is 13.8 Å². The lowest BCUT2D eigenvalue weighted by atomic mass is 10.2. The SMILES string of the molecule is C[C@H]1CC[C@@H](CO[P+](=O)Cc2cccnc2)O1. The van der Waals surface area contributed by atoms with Crippen LogP contribution in [0.4, 0.5) is 0 Å². The minimum atomic E-state index is -1.66. The van der Waals surface area contributed by atoms with E-state index in [0.29, 0.717) is 18.9 Å². The van der Waals surface area contributed by atoms with Gasteiger partial charge in [-0.05, 0) is 30.4 Å². The van der Waals surface area contributed by atoms with Crippen LogP contribution in [0.1, 0.15) is 25.3 Å². The normalized spacial score (nSPS) is 24.9. The maximum Gasteiger partial charge on any atom is 0.513 e. The fourth-order valence-corrected chi connectivity index (χ4v) is 2.77. The Morgan fingerprint density at radius 3 is 3.12 bits per heavy atom. The summed E-state index contributed by atoms with van der Waals surface area (Å²) in [4.78, 5) is 3.98. The van der Waals surface area contributed by atoms with E-state index < -0.39 is 8.03 Å². The Morgan fingerprint density at radius 1 is 1.59 bits per heavy atom. The number of rotatable bonds is 5. The van der Waals surface area contributed by atoms with Crippen LogP contribution in [0, 0.1) is 0 Å². The standard InChI is InChI=1S/C12H17NO3P/c1-10-4-5-12(16-10)8-15-17(14)9-11-3-2-6-13-7-11/h2-3,6-7,10,12H,4-5,8-9H2,1H3/q+1/t10-,12-/m0/s1. The van der Waals surface area contributed by atoms with Crippen LogP contribution in [-0.4, -0.2) is 23.8 Å². The molecule has 17 heavy (non-hydrogen) atoms. The molecule has 1 aromatic rings. The minimum Gasteiger partial charge on any atom is -0.373 e. The zero-order valence-corrected chi connectivity index (χ0v) is 10.8. The van der Waals surface area contributed by atoms with E-state index in [1.54, 1.807) is 12.4 Å². The number of nitrogens with zero attached hydrogens (tertiary/aromatic N) is 1. The minimum absolute atomic E-state index is 0.109. The van der Waals surface area contributed by atoms with Crippen LogP contribution in [0.5, 0.6) is 0 Å². The lowest BCUT2D eigenvalue weighted by Gasteiger charge is -2.06. The Labute approximate surface area is 102 Å². The third-order valence-corrected chi connectivity index (χ3v) is 3.82. The average molecular weight is 254 g/mol. The molecule has 5 heteroatoms. The second-order valence-corrected chi connectivity index (χ2v) is 5.53. The molecule has 1 fully saturated rings. The second-order valence-electron chi connectivity index (χ2n) is 4.29. The summed E-state index contributed by atoms with van der Waals surface area (Å²) in [5, 5.41) is 0. The van der Waals surface area contributed by atoms with E-state index in [9.17, 15) is 4.57 Å². The Hall–Kier alpha value is -0.830. The monoisotopic (exact) mass is 254 g/mol. The van der Waals surface area contributed by atoms with Gasteiger partial charge < -0.3 is 4.74 Å². The van der Waals surface area contributed by atoms with Gasteiger partial charge in [0.2, 0.25) is 6.16 Å². The molecule has 0 radical (unpaired) electrons. The van der Waals surface area contributed by atoms with Crippen molar-refractivity contribution in [3.05, 3.63) is 30.1 Å². The molecule has 1 aliphatic heterocycles. The predicted molar refractivity (Wildman–Crippen MR) is 65.1 cm³/mol. The molecule has 2 heterocycles. The molecular weight excluding hydrogens is 237 g/mol. The first kappa shape index (κ1) is 12.6. The van der Waals surface area contributed by atoms with Gasteiger partial charge in [0, 0.05) is 18.0 Å². The van der Waals surface area contributed by atoms with E-state index in [4.69, 9.17) is 9.26 Å². The van der Waals surface area contributed by atoms with Crippen molar-refractivity contribution in [3.63, 3.8) is 0 Å². The molecule has 0 amide bonds. The molecular formula is C12H17NO3P+. The van der Waals surface area contributed by atoms with Crippen LogP contribution >= 0.6 is 8.03 Å². The molecule has 92 valence electrons. The summed E-state index contributed by atoms with van der Waals surface area (Å²) in [6.07, 6.45) is 6.31. The van der Waals surface area contributed by atoms with Crippen molar-refractivity contribution in [2.24, 2.45) is 0 Å². The van der Waals surface area contributed by atoms with Gasteiger partial charge >= 0.3 is 8.03 Å². The third kappa shape index (κ3) is 4.15. The zero-order valence-electron chi connectivity index (χ0n) is 9.91. The third-order valence-electron chi connectivity index (χ3n) is 2.76. The molecule has 0 saturated carbocycles. The van der Waals surface area contributed by atoms with E-state index >= 15 is 0 Å². The quantitative estimate of drug-likeness (QED) is 0.758. The Bertz CT molecular complexity index is 371. The predicted octanol–water partition coefficient (Wildman–Crippen LogP) is 2.91. The van der Waals surface area contributed by atoms with Gasteiger partial charge in [-0.15, -0.1) is 4.52 Å². The van der Waals surface area contributed by atoms with Crippen LogP contribution in [0.3, 0.4) is 0 Å². The van der Waals surface area contributed by atoms with E-state index in [1.807, 2.05) is 12.1 Å². The van der Waals surface area contributed by atoms with Crippen molar-refractivity contribution in [1.29, 1.82) is 0 Å². The summed E-state index contributed by atoms with van der Waals surface area (Å²) in [5.74, 6) is 0. The second kappa shape index (κ2) is 6.20. The molecule has 4 nitrogen and oxygen atoms in total. The van der Waals surface area contributed by atoms with Crippen molar-refractivity contribution in [2.75, 3.05) is 6.61 Å². The molecule has 0 bridgehead atoms. The molecule has 3 atom stereocenters. The Balaban J connectivity index is 1.71.